The molecule has 1 fully saturated rings. The third kappa shape index (κ3) is 3.95. The summed E-state index contributed by atoms with van der Waals surface area (Å²) in [6, 6.07) is 1.11. The zero-order valence-electron chi connectivity index (χ0n) is 13.6. The van der Waals surface area contributed by atoms with Crippen molar-refractivity contribution in [3.8, 4) is 0 Å². The molecule has 0 amide bonds. The number of nitrogens with zero attached hydrogens (tertiary/aromatic N) is 2. The lowest BCUT2D eigenvalue weighted by Gasteiger charge is -2.23. The molecule has 0 saturated heterocycles. The fourth-order valence-corrected chi connectivity index (χ4v) is 3.56. The number of aromatic nitrogens is 1. The molecule has 1 aromatic rings. The van der Waals surface area contributed by atoms with Crippen LogP contribution in [0.4, 0.5) is 5.13 Å². The Morgan fingerprint density at radius 3 is 2.60 bits per heavy atom. The second kappa shape index (κ2) is 6.90. The standard InChI is InChI=1S/C16H29N3S/c1-6-7-12(4)19(5)16-18-15(13-8-9-13)14(20-16)10-17-11(2)3/h11-13,17H,6-10H2,1-5H3. The van der Waals surface area contributed by atoms with Crippen LogP contribution < -0.4 is 10.2 Å². The maximum atomic E-state index is 4.96. The molecule has 114 valence electrons. The highest BCUT2D eigenvalue weighted by molar-refractivity contribution is 7.15. The summed E-state index contributed by atoms with van der Waals surface area (Å²) in [7, 11) is 2.19. The van der Waals surface area contributed by atoms with Gasteiger partial charge in [-0.25, -0.2) is 4.98 Å². The molecule has 0 aromatic carbocycles. The summed E-state index contributed by atoms with van der Waals surface area (Å²) >= 11 is 1.88. The number of nitrogens with one attached hydrogen (secondary N) is 1. The van der Waals surface area contributed by atoms with E-state index in [1.54, 1.807) is 0 Å². The van der Waals surface area contributed by atoms with E-state index in [4.69, 9.17) is 4.98 Å². The highest BCUT2D eigenvalue weighted by atomic mass is 32.1. The molecule has 0 aliphatic heterocycles. The van der Waals surface area contributed by atoms with Gasteiger partial charge in [0, 0.05) is 36.5 Å². The summed E-state index contributed by atoms with van der Waals surface area (Å²) in [6.45, 7) is 9.92. The first-order valence-electron chi connectivity index (χ1n) is 7.98. The molecule has 1 aliphatic rings. The molecule has 1 aromatic heterocycles. The fraction of sp³-hybridized carbons (Fsp3) is 0.812. The van der Waals surface area contributed by atoms with E-state index < -0.39 is 0 Å². The Hall–Kier alpha value is -0.610. The zero-order chi connectivity index (χ0) is 14.7. The molecule has 2 rings (SSSR count). The van der Waals surface area contributed by atoms with E-state index >= 15 is 0 Å². The van der Waals surface area contributed by atoms with Crippen LogP contribution in [0.3, 0.4) is 0 Å². The molecule has 1 heterocycles. The first kappa shape index (κ1) is 15.8. The van der Waals surface area contributed by atoms with Crippen molar-refractivity contribution in [1.82, 2.24) is 10.3 Å². The third-order valence-electron chi connectivity index (χ3n) is 4.02. The summed E-state index contributed by atoms with van der Waals surface area (Å²) in [5.41, 5.74) is 1.37. The molecule has 1 unspecified atom stereocenters. The molecule has 1 atom stereocenters. The topological polar surface area (TPSA) is 28.2 Å². The van der Waals surface area contributed by atoms with E-state index in [1.807, 2.05) is 11.3 Å². The van der Waals surface area contributed by atoms with E-state index in [-0.39, 0.29) is 0 Å². The van der Waals surface area contributed by atoms with E-state index in [0.29, 0.717) is 12.1 Å². The Morgan fingerprint density at radius 2 is 2.05 bits per heavy atom. The molecule has 4 heteroatoms. The second-order valence-corrected chi connectivity index (χ2v) is 7.43. The van der Waals surface area contributed by atoms with Gasteiger partial charge in [-0.1, -0.05) is 27.2 Å². The van der Waals surface area contributed by atoms with Gasteiger partial charge in [0.2, 0.25) is 0 Å². The fourth-order valence-electron chi connectivity index (χ4n) is 2.40. The van der Waals surface area contributed by atoms with Crippen molar-refractivity contribution in [1.29, 1.82) is 0 Å². The van der Waals surface area contributed by atoms with Crippen LogP contribution in [0.25, 0.3) is 0 Å². The van der Waals surface area contributed by atoms with Crippen molar-refractivity contribution in [3.63, 3.8) is 0 Å². The van der Waals surface area contributed by atoms with Crippen molar-refractivity contribution in [2.75, 3.05) is 11.9 Å². The zero-order valence-corrected chi connectivity index (χ0v) is 14.4. The lowest BCUT2D eigenvalue weighted by Crippen LogP contribution is -2.28. The van der Waals surface area contributed by atoms with Gasteiger partial charge in [0.25, 0.3) is 0 Å². The Kier molecular flexibility index (Phi) is 5.44. The maximum Gasteiger partial charge on any atom is 0.185 e. The molecule has 1 aliphatic carbocycles. The average Bonchev–Trinajstić information content (AvgIpc) is 3.16. The lowest BCUT2D eigenvalue weighted by atomic mass is 10.2. The number of rotatable bonds is 8. The first-order valence-corrected chi connectivity index (χ1v) is 8.80. The van der Waals surface area contributed by atoms with Crippen LogP contribution in [-0.4, -0.2) is 24.1 Å². The quantitative estimate of drug-likeness (QED) is 0.781. The number of hydrogen-bond donors (Lipinski definition) is 1. The largest absolute Gasteiger partial charge is 0.348 e. The van der Waals surface area contributed by atoms with Crippen LogP contribution >= 0.6 is 11.3 Å². The van der Waals surface area contributed by atoms with E-state index in [2.05, 4.69) is 45.0 Å². The Labute approximate surface area is 127 Å². The van der Waals surface area contributed by atoms with Gasteiger partial charge >= 0.3 is 0 Å². The Balaban J connectivity index is 2.11. The van der Waals surface area contributed by atoms with Crippen molar-refractivity contribution in [2.45, 2.75) is 77.9 Å². The normalized spacial score (nSPS) is 16.7. The summed E-state index contributed by atoms with van der Waals surface area (Å²) < 4.78 is 0. The molecule has 3 nitrogen and oxygen atoms in total. The highest BCUT2D eigenvalue weighted by Gasteiger charge is 2.30. The van der Waals surface area contributed by atoms with Crippen LogP contribution in [-0.2, 0) is 6.54 Å². The van der Waals surface area contributed by atoms with Gasteiger partial charge in [0.15, 0.2) is 5.13 Å². The van der Waals surface area contributed by atoms with Crippen molar-refractivity contribution in [3.05, 3.63) is 10.6 Å². The SMILES string of the molecule is CCCC(C)N(C)c1nc(C2CC2)c(CNC(C)C)s1. The number of anilines is 1. The summed E-state index contributed by atoms with van der Waals surface area (Å²) in [6.07, 6.45) is 5.11. The Morgan fingerprint density at radius 1 is 1.35 bits per heavy atom. The van der Waals surface area contributed by atoms with Gasteiger partial charge < -0.3 is 10.2 Å². The minimum absolute atomic E-state index is 0.532. The molecule has 0 spiro atoms. The summed E-state index contributed by atoms with van der Waals surface area (Å²) in [5, 5.41) is 4.75. The molecule has 1 saturated carbocycles. The van der Waals surface area contributed by atoms with E-state index in [0.717, 1.165) is 12.5 Å². The van der Waals surface area contributed by atoms with Crippen molar-refractivity contribution < 1.29 is 0 Å². The third-order valence-corrected chi connectivity index (χ3v) is 5.18. The highest BCUT2D eigenvalue weighted by Crippen LogP contribution is 2.44. The van der Waals surface area contributed by atoms with E-state index in [9.17, 15) is 0 Å². The smallest absolute Gasteiger partial charge is 0.185 e. The van der Waals surface area contributed by atoms with Crippen LogP contribution in [0.1, 0.15) is 69.9 Å². The average molecular weight is 295 g/mol. The first-order chi connectivity index (χ1) is 9.52. The minimum atomic E-state index is 0.532. The van der Waals surface area contributed by atoms with Crippen LogP contribution in [0.5, 0.6) is 0 Å². The number of thiazole rings is 1. The van der Waals surface area contributed by atoms with Gasteiger partial charge in [-0.05, 0) is 26.2 Å². The van der Waals surface area contributed by atoms with E-state index in [1.165, 1.54) is 41.4 Å². The van der Waals surface area contributed by atoms with Gasteiger partial charge in [-0.3, -0.25) is 0 Å². The minimum Gasteiger partial charge on any atom is -0.348 e. The number of hydrogen-bond acceptors (Lipinski definition) is 4. The van der Waals surface area contributed by atoms with Crippen LogP contribution in [0.15, 0.2) is 0 Å². The molecule has 0 bridgehead atoms. The predicted octanol–water partition coefficient (Wildman–Crippen LogP) is 4.14. The summed E-state index contributed by atoms with van der Waals surface area (Å²) in [4.78, 5) is 8.77. The van der Waals surface area contributed by atoms with Crippen molar-refractivity contribution >= 4 is 16.5 Å². The molecule has 20 heavy (non-hydrogen) atoms. The maximum absolute atomic E-state index is 4.96. The molecular formula is C16H29N3S. The molecule has 1 N–H and O–H groups in total. The monoisotopic (exact) mass is 295 g/mol. The van der Waals surface area contributed by atoms with Crippen LogP contribution in [0.2, 0.25) is 0 Å². The molecular weight excluding hydrogens is 266 g/mol. The van der Waals surface area contributed by atoms with Gasteiger partial charge in [0.1, 0.15) is 0 Å². The van der Waals surface area contributed by atoms with Gasteiger partial charge in [0.05, 0.1) is 5.69 Å². The van der Waals surface area contributed by atoms with Crippen LogP contribution in [0, 0.1) is 0 Å². The van der Waals surface area contributed by atoms with Gasteiger partial charge in [-0.15, -0.1) is 11.3 Å². The lowest BCUT2D eigenvalue weighted by molar-refractivity contribution is 0.590. The van der Waals surface area contributed by atoms with Crippen molar-refractivity contribution in [2.24, 2.45) is 0 Å². The molecule has 0 radical (unpaired) electrons. The summed E-state index contributed by atoms with van der Waals surface area (Å²) in [5.74, 6) is 0.735. The van der Waals surface area contributed by atoms with Gasteiger partial charge in [-0.2, -0.15) is 0 Å². The predicted molar refractivity (Wildman–Crippen MR) is 88.8 cm³/mol. The second-order valence-electron chi connectivity index (χ2n) is 6.36. The Bertz CT molecular complexity index is 423.